The lowest BCUT2D eigenvalue weighted by atomic mass is 10.2. The molecule has 0 aliphatic rings. The zero-order valence-electron chi connectivity index (χ0n) is 14.8. The number of aromatic nitrogens is 2. The molecule has 0 fully saturated rings. The minimum Gasteiger partial charge on any atom is -0.489 e. The minimum absolute atomic E-state index is 0.134. The fourth-order valence-electron chi connectivity index (χ4n) is 2.43. The van der Waals surface area contributed by atoms with Crippen LogP contribution in [0.4, 0.5) is 8.78 Å². The highest BCUT2D eigenvalue weighted by atomic mass is 19.1. The maximum Gasteiger partial charge on any atom is 0.275 e. The average molecular weight is 371 g/mol. The summed E-state index contributed by atoms with van der Waals surface area (Å²) in [6.45, 7) is 2.63. The van der Waals surface area contributed by atoms with Crippen LogP contribution >= 0.6 is 0 Å². The quantitative estimate of drug-likeness (QED) is 0.686. The summed E-state index contributed by atoms with van der Waals surface area (Å²) in [5, 5.41) is 7.03. The van der Waals surface area contributed by atoms with Gasteiger partial charge in [-0.1, -0.05) is 19.1 Å². The van der Waals surface area contributed by atoms with Gasteiger partial charge in [0.25, 0.3) is 5.91 Å². The smallest absolute Gasteiger partial charge is 0.275 e. The van der Waals surface area contributed by atoms with E-state index in [1.165, 1.54) is 28.9 Å². The maximum absolute atomic E-state index is 13.1. The number of hydrogen-bond acceptors (Lipinski definition) is 3. The molecule has 1 heterocycles. The first kappa shape index (κ1) is 18.6. The Hall–Kier alpha value is -3.22. The monoisotopic (exact) mass is 371 g/mol. The summed E-state index contributed by atoms with van der Waals surface area (Å²) in [4.78, 5) is 12.6. The summed E-state index contributed by atoms with van der Waals surface area (Å²) < 4.78 is 33.2. The topological polar surface area (TPSA) is 56.2 Å². The number of carbonyl (C=O) groups is 1. The molecule has 0 atom stereocenters. The van der Waals surface area contributed by atoms with Gasteiger partial charge in [-0.3, -0.25) is 4.79 Å². The number of nitrogens with one attached hydrogen (secondary N) is 1. The molecule has 0 unspecified atom stereocenters. The Labute approximate surface area is 155 Å². The van der Waals surface area contributed by atoms with E-state index >= 15 is 0 Å². The van der Waals surface area contributed by atoms with Crippen molar-refractivity contribution >= 4 is 5.91 Å². The molecule has 0 aliphatic carbocycles. The number of hydrogen-bond donors (Lipinski definition) is 1. The van der Waals surface area contributed by atoms with E-state index in [-0.39, 0.29) is 23.9 Å². The third-order valence-electron chi connectivity index (χ3n) is 3.81. The van der Waals surface area contributed by atoms with Crippen LogP contribution in [0.2, 0.25) is 0 Å². The van der Waals surface area contributed by atoms with Crippen molar-refractivity contribution in [1.29, 1.82) is 0 Å². The number of halogens is 2. The first-order valence-electron chi connectivity index (χ1n) is 8.58. The molecule has 2 aromatic carbocycles. The summed E-state index contributed by atoms with van der Waals surface area (Å²) in [7, 11) is 0. The maximum atomic E-state index is 13.1. The normalized spacial score (nSPS) is 10.6. The predicted molar refractivity (Wildman–Crippen MR) is 96.9 cm³/mol. The van der Waals surface area contributed by atoms with Gasteiger partial charge in [-0.25, -0.2) is 13.5 Å². The SMILES string of the molecule is CCCOc1cn(-c2ccc(F)cc2)nc1C(=O)NCc1ccc(F)cc1. The Kier molecular flexibility index (Phi) is 5.80. The van der Waals surface area contributed by atoms with Crippen LogP contribution < -0.4 is 10.1 Å². The second kappa shape index (κ2) is 8.44. The summed E-state index contributed by atoms with van der Waals surface area (Å²) in [5.74, 6) is -0.756. The fraction of sp³-hybridized carbons (Fsp3) is 0.200. The lowest BCUT2D eigenvalue weighted by Gasteiger charge is -2.06. The second-order valence-corrected chi connectivity index (χ2v) is 5.92. The van der Waals surface area contributed by atoms with E-state index < -0.39 is 5.91 Å². The van der Waals surface area contributed by atoms with Gasteiger partial charge in [0.2, 0.25) is 0 Å². The van der Waals surface area contributed by atoms with Crippen LogP contribution in [0.15, 0.2) is 54.7 Å². The number of amides is 1. The second-order valence-electron chi connectivity index (χ2n) is 5.92. The highest BCUT2D eigenvalue weighted by Crippen LogP contribution is 2.20. The number of rotatable bonds is 7. The molecule has 1 N–H and O–H groups in total. The molecular formula is C20H19F2N3O2. The molecule has 3 aromatic rings. The van der Waals surface area contributed by atoms with Gasteiger partial charge in [0.15, 0.2) is 11.4 Å². The van der Waals surface area contributed by atoms with Crippen molar-refractivity contribution in [3.63, 3.8) is 0 Å². The van der Waals surface area contributed by atoms with Crippen LogP contribution in [0, 0.1) is 11.6 Å². The zero-order valence-corrected chi connectivity index (χ0v) is 14.8. The first-order chi connectivity index (χ1) is 13.1. The van der Waals surface area contributed by atoms with Gasteiger partial charge in [0.05, 0.1) is 18.5 Å². The van der Waals surface area contributed by atoms with E-state index in [0.29, 0.717) is 18.0 Å². The highest BCUT2D eigenvalue weighted by molar-refractivity contribution is 5.94. The zero-order chi connectivity index (χ0) is 19.2. The van der Waals surface area contributed by atoms with Gasteiger partial charge in [-0.2, -0.15) is 5.10 Å². The lowest BCUT2D eigenvalue weighted by Crippen LogP contribution is -2.24. The van der Waals surface area contributed by atoms with E-state index in [2.05, 4.69) is 10.4 Å². The molecule has 0 saturated heterocycles. The van der Waals surface area contributed by atoms with Crippen LogP contribution in [0.25, 0.3) is 5.69 Å². The number of nitrogens with zero attached hydrogens (tertiary/aromatic N) is 2. The van der Waals surface area contributed by atoms with E-state index in [1.54, 1.807) is 30.5 Å². The van der Waals surface area contributed by atoms with Crippen molar-refractivity contribution in [1.82, 2.24) is 15.1 Å². The van der Waals surface area contributed by atoms with Gasteiger partial charge in [-0.15, -0.1) is 0 Å². The standard InChI is InChI=1S/C20H19F2N3O2/c1-2-11-27-18-13-25(17-9-7-16(22)8-10-17)24-19(18)20(26)23-12-14-3-5-15(21)6-4-14/h3-10,13H,2,11-12H2,1H3,(H,23,26). The van der Waals surface area contributed by atoms with E-state index in [9.17, 15) is 13.6 Å². The van der Waals surface area contributed by atoms with Gasteiger partial charge in [0, 0.05) is 6.54 Å². The van der Waals surface area contributed by atoms with Crippen molar-refractivity contribution in [2.45, 2.75) is 19.9 Å². The number of ether oxygens (including phenoxy) is 1. The highest BCUT2D eigenvalue weighted by Gasteiger charge is 2.19. The Morgan fingerprint density at radius 1 is 1.07 bits per heavy atom. The van der Waals surface area contributed by atoms with Crippen molar-refractivity contribution in [2.75, 3.05) is 6.61 Å². The van der Waals surface area contributed by atoms with Crippen molar-refractivity contribution < 1.29 is 18.3 Å². The van der Waals surface area contributed by atoms with Gasteiger partial charge >= 0.3 is 0 Å². The van der Waals surface area contributed by atoms with E-state index in [4.69, 9.17) is 4.74 Å². The molecule has 0 saturated carbocycles. The van der Waals surface area contributed by atoms with Crippen LogP contribution in [-0.4, -0.2) is 22.3 Å². The minimum atomic E-state index is -0.411. The van der Waals surface area contributed by atoms with Crippen molar-refractivity contribution in [3.05, 3.63) is 77.6 Å². The van der Waals surface area contributed by atoms with Crippen molar-refractivity contribution in [3.8, 4) is 11.4 Å². The third-order valence-corrected chi connectivity index (χ3v) is 3.81. The molecule has 1 amide bonds. The Balaban J connectivity index is 1.79. The Bertz CT molecular complexity index is 906. The molecule has 140 valence electrons. The number of benzene rings is 2. The van der Waals surface area contributed by atoms with Crippen LogP contribution in [-0.2, 0) is 6.54 Å². The third kappa shape index (κ3) is 4.69. The lowest BCUT2D eigenvalue weighted by molar-refractivity contribution is 0.0941. The summed E-state index contributed by atoms with van der Waals surface area (Å²) in [6, 6.07) is 11.6. The molecule has 27 heavy (non-hydrogen) atoms. The van der Waals surface area contributed by atoms with Crippen molar-refractivity contribution in [2.24, 2.45) is 0 Å². The Morgan fingerprint density at radius 2 is 1.70 bits per heavy atom. The van der Waals surface area contributed by atoms with E-state index in [1.807, 2.05) is 6.92 Å². The van der Waals surface area contributed by atoms with Crippen LogP contribution in [0.1, 0.15) is 29.4 Å². The van der Waals surface area contributed by atoms with Gasteiger partial charge in [-0.05, 0) is 48.4 Å². The molecule has 7 heteroatoms. The summed E-state index contributed by atoms with van der Waals surface area (Å²) in [5.41, 5.74) is 1.50. The average Bonchev–Trinajstić information content (AvgIpc) is 3.10. The molecule has 0 aliphatic heterocycles. The summed E-state index contributed by atoms with van der Waals surface area (Å²) >= 11 is 0. The van der Waals surface area contributed by atoms with Crippen LogP contribution in [0.5, 0.6) is 5.75 Å². The van der Waals surface area contributed by atoms with E-state index in [0.717, 1.165) is 12.0 Å². The largest absolute Gasteiger partial charge is 0.489 e. The summed E-state index contributed by atoms with van der Waals surface area (Å²) in [6.07, 6.45) is 2.37. The predicted octanol–water partition coefficient (Wildman–Crippen LogP) is 3.87. The molecule has 0 radical (unpaired) electrons. The van der Waals surface area contributed by atoms with Crippen LogP contribution in [0.3, 0.4) is 0 Å². The molecule has 0 bridgehead atoms. The molecule has 0 spiro atoms. The van der Waals surface area contributed by atoms with Gasteiger partial charge < -0.3 is 10.1 Å². The Morgan fingerprint density at radius 3 is 2.33 bits per heavy atom. The van der Waals surface area contributed by atoms with Gasteiger partial charge in [0.1, 0.15) is 11.6 Å². The number of carbonyl (C=O) groups excluding carboxylic acids is 1. The molecule has 1 aromatic heterocycles. The molecule has 5 nitrogen and oxygen atoms in total. The molecule has 3 rings (SSSR count). The molecular weight excluding hydrogens is 352 g/mol. The first-order valence-corrected chi connectivity index (χ1v) is 8.58. The fourth-order valence-corrected chi connectivity index (χ4v) is 2.43.